The zero-order chi connectivity index (χ0) is 15.7. The van der Waals surface area contributed by atoms with Gasteiger partial charge in [0.25, 0.3) is 0 Å². The Morgan fingerprint density at radius 1 is 1.18 bits per heavy atom. The first kappa shape index (κ1) is 21.2. The summed E-state index contributed by atoms with van der Waals surface area (Å²) < 4.78 is 24.2. The Bertz CT molecular complexity index is 545. The van der Waals surface area contributed by atoms with Crippen molar-refractivity contribution in [2.24, 2.45) is 10.9 Å². The fourth-order valence-electron chi connectivity index (χ4n) is 1.74. The normalized spacial score (nSPS) is 11.9. The van der Waals surface area contributed by atoms with Crippen molar-refractivity contribution in [3.8, 4) is 0 Å². The van der Waals surface area contributed by atoms with E-state index in [1.807, 2.05) is 6.07 Å². The molecule has 7 heteroatoms. The van der Waals surface area contributed by atoms with Crippen LogP contribution in [0.5, 0.6) is 0 Å². The Labute approximate surface area is 150 Å². The highest BCUT2D eigenvalue weighted by atomic mass is 127. The molecule has 0 fully saturated rings. The number of hydrogen-bond acceptors (Lipinski definition) is 3. The summed E-state index contributed by atoms with van der Waals surface area (Å²) in [6.07, 6.45) is 0.541. The number of nitrogens with zero attached hydrogens (tertiary/aromatic N) is 1. The molecule has 0 amide bonds. The van der Waals surface area contributed by atoms with Gasteiger partial charge in [-0.1, -0.05) is 32.0 Å². The van der Waals surface area contributed by atoms with E-state index in [0.29, 0.717) is 29.7 Å². The smallest absolute Gasteiger partial charge is 0.190 e. The minimum Gasteiger partial charge on any atom is -0.356 e. The summed E-state index contributed by atoms with van der Waals surface area (Å²) >= 11 is 0. The van der Waals surface area contributed by atoms with Crippen LogP contribution in [0.25, 0.3) is 0 Å². The highest BCUT2D eigenvalue weighted by Gasteiger charge is 2.13. The molecule has 0 unspecified atom stereocenters. The molecule has 0 atom stereocenters. The molecule has 126 valence electrons. The summed E-state index contributed by atoms with van der Waals surface area (Å²) in [5.41, 5.74) is 0. The van der Waals surface area contributed by atoms with Gasteiger partial charge >= 0.3 is 0 Å². The minimum atomic E-state index is -3.19. The van der Waals surface area contributed by atoms with Crippen molar-refractivity contribution in [2.75, 3.05) is 25.9 Å². The maximum absolute atomic E-state index is 12.1. The Balaban J connectivity index is 0.00000441. The van der Waals surface area contributed by atoms with Crippen LogP contribution in [-0.2, 0) is 9.84 Å². The summed E-state index contributed by atoms with van der Waals surface area (Å²) in [7, 11) is -1.49. The van der Waals surface area contributed by atoms with Crippen molar-refractivity contribution < 1.29 is 8.42 Å². The van der Waals surface area contributed by atoms with Gasteiger partial charge in [0.15, 0.2) is 15.8 Å². The van der Waals surface area contributed by atoms with Gasteiger partial charge in [0.1, 0.15) is 0 Å². The lowest BCUT2D eigenvalue weighted by Gasteiger charge is -2.13. The molecule has 1 aromatic carbocycles. The molecule has 1 rings (SSSR count). The third-order valence-corrected chi connectivity index (χ3v) is 4.70. The first-order chi connectivity index (χ1) is 9.95. The molecule has 0 aromatic heterocycles. The largest absolute Gasteiger partial charge is 0.356 e. The zero-order valence-corrected chi connectivity index (χ0v) is 16.5. The predicted octanol–water partition coefficient (Wildman–Crippen LogP) is 2.29. The van der Waals surface area contributed by atoms with Gasteiger partial charge in [-0.3, -0.25) is 4.99 Å². The Morgan fingerprint density at radius 3 is 2.36 bits per heavy atom. The van der Waals surface area contributed by atoms with Gasteiger partial charge < -0.3 is 10.6 Å². The topological polar surface area (TPSA) is 70.6 Å². The van der Waals surface area contributed by atoms with E-state index in [4.69, 9.17) is 0 Å². The molecular weight excluding hydrogens is 413 g/mol. The first-order valence-electron chi connectivity index (χ1n) is 7.18. The molecule has 1 aromatic rings. The number of hydrogen-bond donors (Lipinski definition) is 2. The molecule has 0 aliphatic rings. The van der Waals surface area contributed by atoms with Crippen LogP contribution in [0.2, 0.25) is 0 Å². The Morgan fingerprint density at radius 2 is 1.82 bits per heavy atom. The summed E-state index contributed by atoms with van der Waals surface area (Å²) in [6.45, 7) is 5.64. The van der Waals surface area contributed by atoms with E-state index < -0.39 is 9.84 Å². The zero-order valence-electron chi connectivity index (χ0n) is 13.4. The van der Waals surface area contributed by atoms with E-state index in [1.54, 1.807) is 31.3 Å². The number of guanidine groups is 1. The second-order valence-electron chi connectivity index (χ2n) is 5.26. The molecule has 0 heterocycles. The molecule has 2 N–H and O–H groups in total. The second-order valence-corrected chi connectivity index (χ2v) is 7.37. The molecule has 0 aliphatic heterocycles. The van der Waals surface area contributed by atoms with E-state index in [0.717, 1.165) is 6.54 Å². The standard InChI is InChI=1S/C15H25N3O2S.HI/c1-13(2)12-18-15(16-3)17-10-7-11-21(19,20)14-8-5-4-6-9-14;/h4-6,8-9,13H,7,10-12H2,1-3H3,(H2,16,17,18);1H. The number of aliphatic imine (C=N–C) groups is 1. The molecule has 0 radical (unpaired) electrons. The fourth-order valence-corrected chi connectivity index (χ4v) is 3.07. The number of sulfone groups is 1. The van der Waals surface area contributed by atoms with Crippen molar-refractivity contribution in [1.82, 2.24) is 10.6 Å². The van der Waals surface area contributed by atoms with Gasteiger partial charge in [0.05, 0.1) is 10.6 Å². The van der Waals surface area contributed by atoms with Gasteiger partial charge in [-0.2, -0.15) is 0 Å². The lowest BCUT2D eigenvalue weighted by molar-refractivity contribution is 0.591. The molecule has 0 spiro atoms. The van der Waals surface area contributed by atoms with Gasteiger partial charge in [-0.15, -0.1) is 24.0 Å². The summed E-state index contributed by atoms with van der Waals surface area (Å²) in [5, 5.41) is 6.31. The molecular formula is C15H26IN3O2S. The molecule has 0 saturated carbocycles. The van der Waals surface area contributed by atoms with Crippen molar-refractivity contribution in [1.29, 1.82) is 0 Å². The highest BCUT2D eigenvalue weighted by Crippen LogP contribution is 2.10. The van der Waals surface area contributed by atoms with Gasteiger partial charge in [0, 0.05) is 20.1 Å². The average Bonchev–Trinajstić information content (AvgIpc) is 2.47. The fraction of sp³-hybridized carbons (Fsp3) is 0.533. The van der Waals surface area contributed by atoms with Crippen LogP contribution in [0.1, 0.15) is 20.3 Å². The molecule has 0 aliphatic carbocycles. The molecule has 5 nitrogen and oxygen atoms in total. The van der Waals surface area contributed by atoms with Crippen LogP contribution in [0.15, 0.2) is 40.2 Å². The summed E-state index contributed by atoms with van der Waals surface area (Å²) in [4.78, 5) is 4.48. The monoisotopic (exact) mass is 439 g/mol. The maximum Gasteiger partial charge on any atom is 0.190 e. The number of halogens is 1. The van der Waals surface area contributed by atoms with Crippen LogP contribution >= 0.6 is 24.0 Å². The minimum absolute atomic E-state index is 0. The SMILES string of the molecule is CN=C(NCCCS(=O)(=O)c1ccccc1)NCC(C)C.I. The van der Waals surface area contributed by atoms with Crippen molar-refractivity contribution in [2.45, 2.75) is 25.2 Å². The van der Waals surface area contributed by atoms with E-state index >= 15 is 0 Å². The van der Waals surface area contributed by atoms with Crippen LogP contribution in [-0.4, -0.2) is 40.3 Å². The van der Waals surface area contributed by atoms with Gasteiger partial charge in [0.2, 0.25) is 0 Å². The van der Waals surface area contributed by atoms with E-state index in [2.05, 4.69) is 29.5 Å². The predicted molar refractivity (Wildman–Crippen MR) is 103 cm³/mol. The van der Waals surface area contributed by atoms with Crippen LogP contribution < -0.4 is 10.6 Å². The second kappa shape index (κ2) is 10.8. The van der Waals surface area contributed by atoms with Crippen LogP contribution in [0.3, 0.4) is 0 Å². The van der Waals surface area contributed by atoms with E-state index in [-0.39, 0.29) is 29.7 Å². The number of benzene rings is 1. The van der Waals surface area contributed by atoms with Crippen molar-refractivity contribution in [3.05, 3.63) is 30.3 Å². The average molecular weight is 439 g/mol. The lowest BCUT2D eigenvalue weighted by Crippen LogP contribution is -2.39. The number of nitrogens with one attached hydrogen (secondary N) is 2. The molecule has 0 saturated heterocycles. The third kappa shape index (κ3) is 7.98. The van der Waals surface area contributed by atoms with Gasteiger partial charge in [-0.25, -0.2) is 8.42 Å². The number of rotatable bonds is 7. The summed E-state index contributed by atoms with van der Waals surface area (Å²) in [6, 6.07) is 8.55. The molecule has 0 bridgehead atoms. The highest BCUT2D eigenvalue weighted by molar-refractivity contribution is 14.0. The van der Waals surface area contributed by atoms with E-state index in [9.17, 15) is 8.42 Å². The first-order valence-corrected chi connectivity index (χ1v) is 8.83. The lowest BCUT2D eigenvalue weighted by atomic mass is 10.2. The van der Waals surface area contributed by atoms with Crippen LogP contribution in [0, 0.1) is 5.92 Å². The molecule has 22 heavy (non-hydrogen) atoms. The van der Waals surface area contributed by atoms with Crippen molar-refractivity contribution >= 4 is 39.8 Å². The van der Waals surface area contributed by atoms with Crippen molar-refractivity contribution in [3.63, 3.8) is 0 Å². The third-order valence-electron chi connectivity index (χ3n) is 2.89. The quantitative estimate of drug-likeness (QED) is 0.296. The van der Waals surface area contributed by atoms with E-state index in [1.165, 1.54) is 0 Å². The Hall–Kier alpha value is -0.830. The summed E-state index contributed by atoms with van der Waals surface area (Å²) in [5.74, 6) is 1.37. The van der Waals surface area contributed by atoms with Crippen LogP contribution in [0.4, 0.5) is 0 Å². The maximum atomic E-state index is 12.1. The van der Waals surface area contributed by atoms with Gasteiger partial charge in [-0.05, 0) is 24.5 Å². The Kier molecular flexibility index (Phi) is 10.4.